The number of nitrogen functional groups attached to an aromatic ring is 1. The predicted molar refractivity (Wildman–Crippen MR) is 87.8 cm³/mol. The van der Waals surface area contributed by atoms with E-state index in [2.05, 4.69) is 26.2 Å². The molecule has 0 bridgehead atoms. The lowest BCUT2D eigenvalue weighted by Gasteiger charge is -2.14. The number of anilines is 2. The summed E-state index contributed by atoms with van der Waals surface area (Å²) in [5, 5.41) is 4.53. The van der Waals surface area contributed by atoms with Crippen molar-refractivity contribution in [2.75, 3.05) is 29.1 Å². The van der Waals surface area contributed by atoms with Crippen molar-refractivity contribution in [2.45, 2.75) is 6.42 Å². The number of fused-ring (bicyclic) bond motifs is 1. The Hall–Kier alpha value is -0.940. The Balaban J connectivity index is 1.88. The van der Waals surface area contributed by atoms with Gasteiger partial charge in [0.2, 0.25) is 0 Å². The first-order valence-electron chi connectivity index (χ1n) is 6.39. The number of rotatable bonds is 3. The lowest BCUT2D eigenvalue weighted by Crippen LogP contribution is -2.13. The summed E-state index contributed by atoms with van der Waals surface area (Å²) >= 11 is 5.49. The van der Waals surface area contributed by atoms with E-state index in [9.17, 15) is 0 Å². The molecule has 1 saturated heterocycles. The van der Waals surface area contributed by atoms with Crippen molar-refractivity contribution in [3.8, 4) is 0 Å². The van der Waals surface area contributed by atoms with Crippen LogP contribution in [0.4, 0.5) is 11.4 Å². The van der Waals surface area contributed by atoms with Crippen LogP contribution < -0.4 is 11.1 Å². The first kappa shape index (κ1) is 13.1. The van der Waals surface area contributed by atoms with Crippen LogP contribution in [0.15, 0.2) is 28.9 Å². The maximum atomic E-state index is 6.02. The number of aromatic nitrogens is 1. The highest BCUT2D eigenvalue weighted by Crippen LogP contribution is 2.30. The van der Waals surface area contributed by atoms with Crippen LogP contribution in [-0.4, -0.2) is 23.0 Å². The van der Waals surface area contributed by atoms with Gasteiger partial charge in [-0.1, -0.05) is 0 Å². The molecule has 1 fully saturated rings. The van der Waals surface area contributed by atoms with Crippen LogP contribution in [0.1, 0.15) is 6.42 Å². The first-order valence-corrected chi connectivity index (χ1v) is 8.34. The number of thioether (sulfide) groups is 1. The molecule has 100 valence electrons. The third-order valence-corrected chi connectivity index (χ3v) is 5.12. The van der Waals surface area contributed by atoms with Crippen LogP contribution in [-0.2, 0) is 0 Å². The van der Waals surface area contributed by atoms with Gasteiger partial charge in [-0.05, 0) is 58.0 Å². The second kappa shape index (κ2) is 5.59. The van der Waals surface area contributed by atoms with E-state index in [0.717, 1.165) is 39.2 Å². The van der Waals surface area contributed by atoms with Gasteiger partial charge >= 0.3 is 0 Å². The summed E-state index contributed by atoms with van der Waals surface area (Å²) < 4.78 is 0.955. The molecular weight excluding hydrogens is 322 g/mol. The van der Waals surface area contributed by atoms with Gasteiger partial charge < -0.3 is 11.1 Å². The largest absolute Gasteiger partial charge is 0.398 e. The molecule has 1 atom stereocenters. The average Bonchev–Trinajstić information content (AvgIpc) is 2.92. The maximum Gasteiger partial charge on any atom is 0.0954 e. The molecule has 2 aromatic rings. The highest BCUT2D eigenvalue weighted by atomic mass is 79.9. The molecule has 3 N–H and O–H groups in total. The predicted octanol–water partition coefficient (Wildman–Crippen LogP) is 3.74. The summed E-state index contributed by atoms with van der Waals surface area (Å²) in [5.41, 5.74) is 8.82. The van der Waals surface area contributed by atoms with Crippen molar-refractivity contribution in [1.82, 2.24) is 4.98 Å². The molecule has 3 rings (SSSR count). The van der Waals surface area contributed by atoms with Gasteiger partial charge in [-0.2, -0.15) is 11.8 Å². The van der Waals surface area contributed by atoms with Crippen LogP contribution in [0, 0.1) is 5.92 Å². The van der Waals surface area contributed by atoms with E-state index >= 15 is 0 Å². The monoisotopic (exact) mass is 337 g/mol. The van der Waals surface area contributed by atoms with Crippen LogP contribution >= 0.6 is 27.7 Å². The molecule has 3 nitrogen and oxygen atoms in total. The zero-order chi connectivity index (χ0) is 13.2. The fraction of sp³-hybridized carbons (Fsp3) is 0.357. The molecule has 0 amide bonds. The smallest absolute Gasteiger partial charge is 0.0954 e. The standard InChI is InChI=1S/C14H16BrN3S/c15-10-5-11-12(16)1-2-13(14(11)18-7-10)17-6-9-3-4-19-8-9/h1-2,5,7,9,17H,3-4,6,8,16H2. The van der Waals surface area contributed by atoms with E-state index in [4.69, 9.17) is 5.73 Å². The lowest BCUT2D eigenvalue weighted by molar-refractivity contribution is 0.632. The van der Waals surface area contributed by atoms with Gasteiger partial charge in [0.05, 0.1) is 11.2 Å². The van der Waals surface area contributed by atoms with Crippen molar-refractivity contribution in [3.05, 3.63) is 28.9 Å². The summed E-state index contributed by atoms with van der Waals surface area (Å²) in [6.07, 6.45) is 3.13. The number of halogens is 1. The molecule has 1 aromatic carbocycles. The summed E-state index contributed by atoms with van der Waals surface area (Å²) in [6, 6.07) is 6.00. The van der Waals surface area contributed by atoms with E-state index in [1.54, 1.807) is 0 Å². The Labute approximate surface area is 125 Å². The molecular formula is C14H16BrN3S. The zero-order valence-electron chi connectivity index (χ0n) is 10.5. The quantitative estimate of drug-likeness (QED) is 0.837. The Kier molecular flexibility index (Phi) is 3.84. The summed E-state index contributed by atoms with van der Waals surface area (Å²) in [6.45, 7) is 1.02. The number of nitrogens with zero attached hydrogens (tertiary/aromatic N) is 1. The fourth-order valence-corrected chi connectivity index (χ4v) is 3.97. The Bertz CT molecular complexity index is 597. The Morgan fingerprint density at radius 2 is 2.37 bits per heavy atom. The number of hydrogen-bond acceptors (Lipinski definition) is 4. The van der Waals surface area contributed by atoms with Gasteiger partial charge in [0, 0.05) is 28.3 Å². The summed E-state index contributed by atoms with van der Waals surface area (Å²) in [4.78, 5) is 4.49. The molecule has 1 unspecified atom stereocenters. The van der Waals surface area contributed by atoms with Gasteiger partial charge in [0.15, 0.2) is 0 Å². The lowest BCUT2D eigenvalue weighted by atomic mass is 10.1. The van der Waals surface area contributed by atoms with Crippen LogP contribution in [0.5, 0.6) is 0 Å². The molecule has 2 heterocycles. The minimum Gasteiger partial charge on any atom is -0.398 e. The van der Waals surface area contributed by atoms with Gasteiger partial charge in [0.1, 0.15) is 0 Å². The number of pyridine rings is 1. The summed E-state index contributed by atoms with van der Waals surface area (Å²) in [5.74, 6) is 3.33. The van der Waals surface area contributed by atoms with Crippen molar-refractivity contribution in [2.24, 2.45) is 5.92 Å². The van der Waals surface area contributed by atoms with E-state index < -0.39 is 0 Å². The van der Waals surface area contributed by atoms with Gasteiger partial charge in [-0.3, -0.25) is 4.98 Å². The summed E-state index contributed by atoms with van der Waals surface area (Å²) in [7, 11) is 0. The van der Waals surface area contributed by atoms with Crippen LogP contribution in [0.2, 0.25) is 0 Å². The van der Waals surface area contributed by atoms with E-state index in [0.29, 0.717) is 0 Å². The zero-order valence-corrected chi connectivity index (χ0v) is 12.9. The minimum absolute atomic E-state index is 0.769. The molecule has 0 saturated carbocycles. The molecule has 0 aliphatic carbocycles. The number of nitrogens with two attached hydrogens (primary N) is 1. The third-order valence-electron chi connectivity index (χ3n) is 3.46. The molecule has 1 aromatic heterocycles. The van der Waals surface area contributed by atoms with E-state index in [1.165, 1.54) is 17.9 Å². The number of nitrogens with one attached hydrogen (secondary N) is 1. The molecule has 1 aliphatic heterocycles. The second-order valence-electron chi connectivity index (χ2n) is 4.86. The second-order valence-corrected chi connectivity index (χ2v) is 6.93. The fourth-order valence-electron chi connectivity index (χ4n) is 2.36. The van der Waals surface area contributed by atoms with Gasteiger partial charge in [-0.15, -0.1) is 0 Å². The van der Waals surface area contributed by atoms with Crippen LogP contribution in [0.25, 0.3) is 10.9 Å². The number of benzene rings is 1. The van der Waals surface area contributed by atoms with Crippen molar-refractivity contribution >= 4 is 50.0 Å². The number of hydrogen-bond donors (Lipinski definition) is 2. The average molecular weight is 338 g/mol. The van der Waals surface area contributed by atoms with E-state index in [-0.39, 0.29) is 0 Å². The molecule has 1 aliphatic rings. The minimum atomic E-state index is 0.769. The van der Waals surface area contributed by atoms with Gasteiger partial charge in [-0.25, -0.2) is 0 Å². The van der Waals surface area contributed by atoms with Crippen molar-refractivity contribution in [3.63, 3.8) is 0 Å². The molecule has 5 heteroatoms. The van der Waals surface area contributed by atoms with Crippen molar-refractivity contribution in [1.29, 1.82) is 0 Å². The van der Waals surface area contributed by atoms with E-state index in [1.807, 2.05) is 36.2 Å². The first-order chi connectivity index (χ1) is 9.24. The van der Waals surface area contributed by atoms with Gasteiger partial charge in [0.25, 0.3) is 0 Å². The third kappa shape index (κ3) is 2.82. The van der Waals surface area contributed by atoms with Crippen LogP contribution in [0.3, 0.4) is 0 Å². The normalized spacial score (nSPS) is 18.9. The maximum absolute atomic E-state index is 6.02. The molecule has 19 heavy (non-hydrogen) atoms. The topological polar surface area (TPSA) is 50.9 Å². The van der Waals surface area contributed by atoms with Crippen molar-refractivity contribution < 1.29 is 0 Å². The molecule has 0 spiro atoms. The Morgan fingerprint density at radius 1 is 1.47 bits per heavy atom. The Morgan fingerprint density at radius 3 is 3.16 bits per heavy atom. The highest BCUT2D eigenvalue weighted by Gasteiger charge is 2.15. The highest BCUT2D eigenvalue weighted by molar-refractivity contribution is 9.10. The SMILES string of the molecule is Nc1ccc(NCC2CCSC2)c2ncc(Br)cc12. The molecule has 0 radical (unpaired) electrons.